The van der Waals surface area contributed by atoms with Gasteiger partial charge in [-0.1, -0.05) is 44.2 Å². The van der Waals surface area contributed by atoms with Crippen molar-refractivity contribution >= 4 is 22.8 Å². The fourth-order valence-electron chi connectivity index (χ4n) is 4.43. The van der Waals surface area contributed by atoms with E-state index >= 15 is 0 Å². The minimum absolute atomic E-state index is 0.0904. The number of benzene rings is 2. The van der Waals surface area contributed by atoms with Gasteiger partial charge in [-0.3, -0.25) is 4.79 Å². The standard InChI is InChI=1S/C27H27FN4O7/c1-13(2)26(36)30-23-18(10-21(27(37)38)39-25(23)24(35)20(34)12-33)32-19(11-29)16-8-5-7-15(22(16)31-32)14-6-3-4-9-17(14)28/h3-10,13,18,20,23-25,33-35H,12H2,1-2H3,(H,30,36)(H,37,38)/t18-,20+,23+,24+,25+/m0/s1/i/hD. The Balaban J connectivity index is 2.01. The molecule has 39 heavy (non-hydrogen) atoms. The zero-order valence-corrected chi connectivity index (χ0v) is 21.0. The number of amides is 1. The van der Waals surface area contributed by atoms with Crippen LogP contribution < -0.4 is 5.31 Å². The highest BCUT2D eigenvalue weighted by molar-refractivity contribution is 5.96. The van der Waals surface area contributed by atoms with Crippen molar-refractivity contribution in [1.82, 2.24) is 15.1 Å². The first-order valence-corrected chi connectivity index (χ1v) is 12.1. The van der Waals surface area contributed by atoms with E-state index in [0.29, 0.717) is 10.9 Å². The number of carboxylic acids is 1. The Labute approximate surface area is 223 Å². The number of carbonyl (C=O) groups excluding carboxylic acids is 1. The molecule has 0 radical (unpaired) electrons. The van der Waals surface area contributed by atoms with Gasteiger partial charge in [0.25, 0.3) is 0 Å². The molecule has 0 unspecified atom stereocenters. The quantitative estimate of drug-likeness (QED) is 0.284. The molecule has 3 aromatic rings. The number of hydrogen-bond donors (Lipinski definition) is 5. The van der Waals surface area contributed by atoms with Crippen molar-refractivity contribution in [2.45, 2.75) is 44.2 Å². The largest absolute Gasteiger partial charge is 0.478 e. The molecule has 0 saturated heterocycles. The summed E-state index contributed by atoms with van der Waals surface area (Å²) in [6, 6.07) is 9.83. The number of nitrogens with one attached hydrogen (secondary N) is 1. The van der Waals surface area contributed by atoms with Crippen molar-refractivity contribution in [3.05, 3.63) is 65.8 Å². The molecule has 4 rings (SSSR count). The molecule has 0 fully saturated rings. The maximum atomic E-state index is 14.7. The number of carbonyl (C=O) groups is 2. The highest BCUT2D eigenvalue weighted by atomic mass is 19.1. The Hall–Kier alpha value is -4.31. The van der Waals surface area contributed by atoms with Gasteiger partial charge in [-0.25, -0.2) is 13.9 Å². The third-order valence-electron chi connectivity index (χ3n) is 6.45. The topological polar surface area (TPSA) is 178 Å². The number of nitrogens with zero attached hydrogens (tertiary/aromatic N) is 3. The SMILES string of the molecule is [2H]N(C(=O)C(C)C)[C@H]1[C@H]([C@H](O)[C@H](O)CO)OC(C(=O)O)=C[C@@H]1n1nc2c(-c3ccccc3F)cccc2c1C#N. The predicted octanol–water partition coefficient (Wildman–Crippen LogP) is 1.48. The van der Waals surface area contributed by atoms with Crippen molar-refractivity contribution in [1.29, 1.82) is 5.26 Å². The van der Waals surface area contributed by atoms with Crippen LogP contribution in [-0.4, -0.2) is 73.0 Å². The molecule has 1 aromatic heterocycles. The van der Waals surface area contributed by atoms with E-state index in [-0.39, 0.29) is 22.2 Å². The van der Waals surface area contributed by atoms with Crippen LogP contribution in [0.4, 0.5) is 4.39 Å². The number of aromatic nitrogens is 2. The fourth-order valence-corrected chi connectivity index (χ4v) is 4.43. The van der Waals surface area contributed by atoms with Crippen LogP contribution in [0.3, 0.4) is 0 Å². The Kier molecular flexibility index (Phi) is 7.56. The first-order chi connectivity index (χ1) is 19.0. The molecule has 5 N–H and O–H groups in total. The van der Waals surface area contributed by atoms with E-state index in [1.807, 2.05) is 6.07 Å². The molecule has 1 aliphatic rings. The van der Waals surface area contributed by atoms with Gasteiger partial charge in [-0.05, 0) is 18.2 Å². The van der Waals surface area contributed by atoms with Gasteiger partial charge >= 0.3 is 5.97 Å². The van der Waals surface area contributed by atoms with Gasteiger partial charge < -0.3 is 30.5 Å². The van der Waals surface area contributed by atoms with Gasteiger partial charge in [0.2, 0.25) is 11.7 Å². The summed E-state index contributed by atoms with van der Waals surface area (Å²) in [6.45, 7) is 2.12. The summed E-state index contributed by atoms with van der Waals surface area (Å²) in [5.74, 6) is -4.24. The normalized spacial score (nSPS) is 20.9. The van der Waals surface area contributed by atoms with Gasteiger partial charge in [0.15, 0.2) is 1.41 Å². The number of aliphatic carboxylic acids is 1. The molecule has 0 saturated carbocycles. The molecule has 0 bridgehead atoms. The van der Waals surface area contributed by atoms with E-state index < -0.39 is 66.4 Å². The van der Waals surface area contributed by atoms with Gasteiger partial charge in [0.1, 0.15) is 41.4 Å². The molecule has 1 amide bonds. The Morgan fingerprint density at radius 3 is 2.54 bits per heavy atom. The zero-order valence-electron chi connectivity index (χ0n) is 22.0. The highest BCUT2D eigenvalue weighted by Gasteiger charge is 2.45. The lowest BCUT2D eigenvalue weighted by Crippen LogP contribution is -2.59. The Morgan fingerprint density at radius 1 is 1.23 bits per heavy atom. The van der Waals surface area contributed by atoms with Crippen molar-refractivity contribution in [2.24, 2.45) is 5.92 Å². The minimum atomic E-state index is -1.95. The molecule has 5 atom stereocenters. The summed E-state index contributed by atoms with van der Waals surface area (Å²) in [5.41, 5.74) is 0.639. The lowest BCUT2D eigenvalue weighted by Gasteiger charge is -2.40. The van der Waals surface area contributed by atoms with Crippen LogP contribution >= 0.6 is 0 Å². The predicted molar refractivity (Wildman–Crippen MR) is 135 cm³/mol. The van der Waals surface area contributed by atoms with E-state index in [2.05, 4.69) is 5.10 Å². The average molecular weight is 540 g/mol. The molecular formula is C27H27FN4O7. The summed E-state index contributed by atoms with van der Waals surface area (Å²) < 4.78 is 29.9. The van der Waals surface area contributed by atoms with Crippen LogP contribution in [0, 0.1) is 23.1 Å². The van der Waals surface area contributed by atoms with E-state index in [1.54, 1.807) is 24.3 Å². The van der Waals surface area contributed by atoms with Crippen LogP contribution in [-0.2, 0) is 14.3 Å². The third kappa shape index (κ3) is 5.20. The van der Waals surface area contributed by atoms with E-state index in [0.717, 1.165) is 10.8 Å². The maximum Gasteiger partial charge on any atom is 0.370 e. The highest BCUT2D eigenvalue weighted by Crippen LogP contribution is 2.36. The fraction of sp³-hybridized carbons (Fsp3) is 0.333. The molecule has 2 heterocycles. The molecule has 0 spiro atoms. The summed E-state index contributed by atoms with van der Waals surface area (Å²) in [6.07, 6.45) is -4.44. The first kappa shape index (κ1) is 26.3. The maximum absolute atomic E-state index is 14.7. The van der Waals surface area contributed by atoms with Crippen molar-refractivity contribution in [3.8, 4) is 17.2 Å². The number of fused-ring (bicyclic) bond motifs is 1. The molecule has 11 nitrogen and oxygen atoms in total. The van der Waals surface area contributed by atoms with Gasteiger partial charge in [0.05, 0.1) is 18.7 Å². The summed E-state index contributed by atoms with van der Waals surface area (Å²) in [4.78, 5) is 25.0. The first-order valence-electron chi connectivity index (χ1n) is 12.5. The minimum Gasteiger partial charge on any atom is -0.478 e. The third-order valence-corrected chi connectivity index (χ3v) is 6.45. The van der Waals surface area contributed by atoms with Crippen LogP contribution in [0.15, 0.2) is 54.3 Å². The van der Waals surface area contributed by atoms with Gasteiger partial charge in [0, 0.05) is 22.4 Å². The van der Waals surface area contributed by atoms with Crippen LogP contribution in [0.5, 0.6) is 0 Å². The Morgan fingerprint density at radius 2 is 1.92 bits per heavy atom. The van der Waals surface area contributed by atoms with E-state index in [9.17, 15) is 39.7 Å². The molecule has 1 aliphatic heterocycles. The second kappa shape index (κ2) is 11.2. The van der Waals surface area contributed by atoms with Crippen LogP contribution in [0.25, 0.3) is 22.0 Å². The van der Waals surface area contributed by atoms with Crippen molar-refractivity contribution in [2.75, 3.05) is 6.61 Å². The number of rotatable bonds is 8. The van der Waals surface area contributed by atoms with E-state index in [4.69, 9.17) is 6.15 Å². The summed E-state index contributed by atoms with van der Waals surface area (Å²) in [7, 11) is 0. The lowest BCUT2D eigenvalue weighted by atomic mass is 9.91. The molecule has 204 valence electrons. The van der Waals surface area contributed by atoms with Gasteiger partial charge in [-0.2, -0.15) is 10.4 Å². The van der Waals surface area contributed by atoms with Crippen LogP contribution in [0.1, 0.15) is 25.6 Å². The number of aliphatic hydroxyl groups is 3. The smallest absolute Gasteiger partial charge is 0.370 e. The van der Waals surface area contributed by atoms with Crippen molar-refractivity contribution in [3.63, 3.8) is 0 Å². The molecule has 0 aliphatic carbocycles. The zero-order chi connectivity index (χ0) is 29.3. The molecular weight excluding hydrogens is 511 g/mol. The van der Waals surface area contributed by atoms with Gasteiger partial charge in [-0.15, -0.1) is 0 Å². The monoisotopic (exact) mass is 539 g/mol. The Bertz CT molecular complexity index is 1520. The number of halogens is 1. The number of ether oxygens (including phenoxy) is 1. The van der Waals surface area contributed by atoms with Crippen LogP contribution in [0.2, 0.25) is 1.41 Å². The number of nitriles is 1. The number of aliphatic hydroxyl groups excluding tert-OH is 3. The molecule has 12 heteroatoms. The average Bonchev–Trinajstić information content (AvgIpc) is 3.33. The van der Waals surface area contributed by atoms with E-state index in [1.165, 1.54) is 32.0 Å². The van der Waals surface area contributed by atoms with Crippen molar-refractivity contribution < 1.29 is 40.6 Å². The summed E-state index contributed by atoms with van der Waals surface area (Å²) in [5, 5.41) is 55.7. The lowest BCUT2D eigenvalue weighted by molar-refractivity contribution is -0.147. The second-order valence-corrected chi connectivity index (χ2v) is 9.35. The number of carboxylic acid groups (broad SMARTS) is 1. The summed E-state index contributed by atoms with van der Waals surface area (Å²) >= 11 is 0. The number of hydrogen-bond acceptors (Lipinski definition) is 8. The molecule has 2 aromatic carbocycles. The second-order valence-electron chi connectivity index (χ2n) is 9.35.